The van der Waals surface area contributed by atoms with Crippen molar-refractivity contribution >= 4 is 10.9 Å². The van der Waals surface area contributed by atoms with Crippen molar-refractivity contribution in [3.8, 4) is 11.5 Å². The van der Waals surface area contributed by atoms with Crippen LogP contribution in [0.15, 0.2) is 87.7 Å². The van der Waals surface area contributed by atoms with E-state index in [1.165, 1.54) is 14.7 Å². The van der Waals surface area contributed by atoms with Crippen molar-refractivity contribution in [1.29, 1.82) is 0 Å². The van der Waals surface area contributed by atoms with Gasteiger partial charge in [-0.3, -0.25) is 4.98 Å². The minimum Gasteiger partial charge on any atom is -0.488 e. The lowest BCUT2D eigenvalue weighted by molar-refractivity contribution is 0.130. The zero-order chi connectivity index (χ0) is 21.1. The Morgan fingerprint density at radius 3 is 1.41 bits per heavy atom. The zero-order valence-corrected chi connectivity index (χ0v) is 18.9. The minimum absolute atomic E-state index is 0.213. The summed E-state index contributed by atoms with van der Waals surface area (Å²) in [5.41, 5.74) is -0.426. The summed E-state index contributed by atoms with van der Waals surface area (Å²) in [5, 5.41) is 0. The first-order valence-corrected chi connectivity index (χ1v) is 11.1. The Morgan fingerprint density at radius 2 is 1.07 bits per heavy atom. The molecule has 3 rings (SSSR count). The SMILES string of the molecule is CC(C)(C)Oc1ccc([S+](c2ccc(OC(C)(C)C)cc2)c2cccnc2)cc1. The predicted molar refractivity (Wildman–Crippen MR) is 120 cm³/mol. The van der Waals surface area contributed by atoms with Gasteiger partial charge < -0.3 is 9.47 Å². The highest BCUT2D eigenvalue weighted by Gasteiger charge is 2.29. The van der Waals surface area contributed by atoms with Gasteiger partial charge >= 0.3 is 0 Å². The Kier molecular flexibility index (Phi) is 6.23. The number of benzene rings is 2. The van der Waals surface area contributed by atoms with Crippen LogP contribution >= 0.6 is 0 Å². The van der Waals surface area contributed by atoms with Crippen molar-refractivity contribution in [1.82, 2.24) is 4.98 Å². The monoisotopic (exact) mass is 408 g/mol. The van der Waals surface area contributed by atoms with Gasteiger partial charge in [0, 0.05) is 6.20 Å². The Morgan fingerprint density at radius 1 is 0.621 bits per heavy atom. The molecule has 0 unspecified atom stereocenters. The van der Waals surface area contributed by atoms with Crippen molar-refractivity contribution in [2.24, 2.45) is 0 Å². The minimum atomic E-state index is -0.251. The molecule has 0 amide bonds. The van der Waals surface area contributed by atoms with E-state index in [0.717, 1.165) is 11.5 Å². The van der Waals surface area contributed by atoms with Crippen LogP contribution in [0.2, 0.25) is 0 Å². The van der Waals surface area contributed by atoms with Gasteiger partial charge in [0.05, 0.1) is 6.20 Å². The van der Waals surface area contributed by atoms with Gasteiger partial charge in [-0.15, -0.1) is 0 Å². The zero-order valence-electron chi connectivity index (χ0n) is 18.1. The Hall–Kier alpha value is -2.46. The summed E-state index contributed by atoms with van der Waals surface area (Å²) in [4.78, 5) is 7.98. The van der Waals surface area contributed by atoms with E-state index in [1.807, 2.05) is 42.7 Å². The molecule has 4 heteroatoms. The topological polar surface area (TPSA) is 31.4 Å². The molecule has 152 valence electrons. The standard InChI is InChI=1S/C25H30NO2S/c1-24(2,3)27-19-9-13-21(14-10-19)29(23-8-7-17-26-18-23)22-15-11-20(12-16-22)28-25(4,5)6/h7-18H,1-6H3/q+1. The largest absolute Gasteiger partial charge is 0.488 e. The van der Waals surface area contributed by atoms with Crippen LogP contribution in [0, 0.1) is 0 Å². The lowest BCUT2D eigenvalue weighted by atomic mass is 10.2. The van der Waals surface area contributed by atoms with E-state index in [1.54, 1.807) is 0 Å². The fourth-order valence-corrected chi connectivity index (χ4v) is 4.88. The quantitative estimate of drug-likeness (QED) is 0.450. The second-order valence-electron chi connectivity index (χ2n) is 8.87. The van der Waals surface area contributed by atoms with Crippen LogP contribution in [-0.4, -0.2) is 16.2 Å². The Labute approximate surface area is 177 Å². The summed E-state index contributed by atoms with van der Waals surface area (Å²) < 4.78 is 12.0. The van der Waals surface area contributed by atoms with Crippen LogP contribution in [0.3, 0.4) is 0 Å². The molecule has 0 atom stereocenters. The highest BCUT2D eigenvalue weighted by molar-refractivity contribution is 7.97. The highest BCUT2D eigenvalue weighted by Crippen LogP contribution is 2.33. The average Bonchev–Trinajstić information content (AvgIpc) is 2.63. The van der Waals surface area contributed by atoms with Gasteiger partial charge in [0.15, 0.2) is 14.7 Å². The van der Waals surface area contributed by atoms with Crippen LogP contribution in [0.1, 0.15) is 41.5 Å². The van der Waals surface area contributed by atoms with Crippen molar-refractivity contribution < 1.29 is 9.47 Å². The van der Waals surface area contributed by atoms with Gasteiger partial charge in [0.2, 0.25) is 0 Å². The van der Waals surface area contributed by atoms with Crippen molar-refractivity contribution in [3.63, 3.8) is 0 Å². The van der Waals surface area contributed by atoms with E-state index < -0.39 is 0 Å². The summed E-state index contributed by atoms with van der Waals surface area (Å²) in [6, 6.07) is 20.9. The molecule has 3 nitrogen and oxygen atoms in total. The van der Waals surface area contributed by atoms with Gasteiger partial charge in [-0.1, -0.05) is 0 Å². The molecule has 0 N–H and O–H groups in total. The third-order valence-corrected chi connectivity index (χ3v) is 6.04. The van der Waals surface area contributed by atoms with Crippen LogP contribution in [-0.2, 0) is 10.9 Å². The van der Waals surface area contributed by atoms with Crippen molar-refractivity contribution in [2.45, 2.75) is 67.4 Å². The molecule has 1 aromatic heterocycles. The molecule has 1 heterocycles. The molecule has 0 bridgehead atoms. The Balaban J connectivity index is 1.94. The summed E-state index contributed by atoms with van der Waals surface area (Å²) >= 11 is 0. The highest BCUT2D eigenvalue weighted by atomic mass is 32.2. The lowest BCUT2D eigenvalue weighted by Crippen LogP contribution is -2.23. The number of aromatic nitrogens is 1. The first-order valence-electron chi connectivity index (χ1n) is 9.83. The van der Waals surface area contributed by atoms with Crippen LogP contribution in [0.25, 0.3) is 0 Å². The second-order valence-corrected chi connectivity index (χ2v) is 10.9. The molecule has 0 aliphatic carbocycles. The van der Waals surface area contributed by atoms with Crippen LogP contribution in [0.5, 0.6) is 11.5 Å². The number of pyridine rings is 1. The van der Waals surface area contributed by atoms with E-state index in [0.29, 0.717) is 0 Å². The van der Waals surface area contributed by atoms with E-state index in [-0.39, 0.29) is 22.1 Å². The maximum Gasteiger partial charge on any atom is 0.184 e. The van der Waals surface area contributed by atoms with Gasteiger partial charge in [-0.2, -0.15) is 0 Å². The van der Waals surface area contributed by atoms with E-state index >= 15 is 0 Å². The summed E-state index contributed by atoms with van der Waals surface area (Å²) in [6.07, 6.45) is 3.76. The Bertz CT molecular complexity index is 849. The molecule has 29 heavy (non-hydrogen) atoms. The normalized spacial score (nSPS) is 12.1. The predicted octanol–water partition coefficient (Wildman–Crippen LogP) is 6.53. The summed E-state index contributed by atoms with van der Waals surface area (Å²) in [5.74, 6) is 1.76. The van der Waals surface area contributed by atoms with Gasteiger partial charge in [-0.25, -0.2) is 0 Å². The fraction of sp³-hybridized carbons (Fsp3) is 0.320. The smallest absolute Gasteiger partial charge is 0.184 e. The summed E-state index contributed by atoms with van der Waals surface area (Å²) in [7, 11) is -0.251. The van der Waals surface area contributed by atoms with Crippen molar-refractivity contribution in [2.75, 3.05) is 0 Å². The van der Waals surface area contributed by atoms with E-state index in [9.17, 15) is 0 Å². The third kappa shape index (κ3) is 6.26. The molecule has 0 saturated carbocycles. The first kappa shape index (κ1) is 21.3. The molecule has 3 aromatic rings. The maximum absolute atomic E-state index is 5.98. The number of rotatable bonds is 5. The number of nitrogens with zero attached hydrogens (tertiary/aromatic N) is 1. The maximum atomic E-state index is 5.98. The fourth-order valence-electron chi connectivity index (χ4n) is 2.87. The number of hydrogen-bond donors (Lipinski definition) is 0. The van der Waals surface area contributed by atoms with Gasteiger partial charge in [-0.05, 0) is 102 Å². The number of hydrogen-bond acceptors (Lipinski definition) is 3. The van der Waals surface area contributed by atoms with Crippen LogP contribution < -0.4 is 9.47 Å². The molecular weight excluding hydrogens is 378 g/mol. The van der Waals surface area contributed by atoms with Crippen LogP contribution in [0.4, 0.5) is 0 Å². The number of ether oxygens (including phenoxy) is 2. The van der Waals surface area contributed by atoms with E-state index in [4.69, 9.17) is 9.47 Å². The first-order chi connectivity index (χ1) is 13.6. The lowest BCUT2D eigenvalue weighted by Gasteiger charge is -2.21. The molecule has 0 aliphatic heterocycles. The van der Waals surface area contributed by atoms with Crippen molar-refractivity contribution in [3.05, 3.63) is 73.1 Å². The molecule has 0 aliphatic rings. The summed E-state index contributed by atoms with van der Waals surface area (Å²) in [6.45, 7) is 12.3. The van der Waals surface area contributed by atoms with Gasteiger partial charge in [0.1, 0.15) is 33.6 Å². The molecule has 0 saturated heterocycles. The molecule has 0 spiro atoms. The molecule has 0 radical (unpaired) electrons. The third-order valence-electron chi connectivity index (χ3n) is 3.84. The molecule has 2 aromatic carbocycles. The van der Waals surface area contributed by atoms with Gasteiger partial charge in [0.25, 0.3) is 0 Å². The molecule has 0 fully saturated rings. The van der Waals surface area contributed by atoms with E-state index in [2.05, 4.69) is 76.9 Å². The average molecular weight is 409 g/mol. The molecular formula is C25H30NO2S+. The second kappa shape index (κ2) is 8.50.